The number of carboxylic acids is 1. The molecular formula is C11H14N2O4. The Bertz CT molecular complexity index is 440. The Morgan fingerprint density at radius 2 is 2.29 bits per heavy atom. The van der Waals surface area contributed by atoms with Crippen molar-refractivity contribution in [3.05, 3.63) is 17.5 Å². The van der Waals surface area contributed by atoms with Gasteiger partial charge in [0.25, 0.3) is 5.91 Å². The zero-order chi connectivity index (χ0) is 12.4. The number of amides is 1. The van der Waals surface area contributed by atoms with Crippen molar-refractivity contribution in [2.75, 3.05) is 0 Å². The summed E-state index contributed by atoms with van der Waals surface area (Å²) in [5, 5.41) is 15.2. The summed E-state index contributed by atoms with van der Waals surface area (Å²) in [5.41, 5.74) is 0.237. The molecule has 2 atom stereocenters. The summed E-state index contributed by atoms with van der Waals surface area (Å²) in [6.07, 6.45) is 1.79. The molecule has 0 saturated heterocycles. The van der Waals surface area contributed by atoms with Gasteiger partial charge < -0.3 is 14.9 Å². The van der Waals surface area contributed by atoms with Crippen molar-refractivity contribution in [3.8, 4) is 0 Å². The van der Waals surface area contributed by atoms with Crippen molar-refractivity contribution in [2.45, 2.75) is 32.2 Å². The molecular weight excluding hydrogens is 224 g/mol. The lowest BCUT2D eigenvalue weighted by atomic mass is 10.1. The van der Waals surface area contributed by atoms with E-state index >= 15 is 0 Å². The first-order chi connectivity index (χ1) is 8.06. The number of carbonyl (C=O) groups excluding carboxylic acids is 1. The number of aromatic nitrogens is 1. The Morgan fingerprint density at radius 3 is 2.82 bits per heavy atom. The maximum atomic E-state index is 11.7. The second kappa shape index (κ2) is 4.57. The zero-order valence-corrected chi connectivity index (χ0v) is 9.47. The first-order valence-electron chi connectivity index (χ1n) is 5.53. The molecule has 2 unspecified atom stereocenters. The van der Waals surface area contributed by atoms with Crippen LogP contribution in [0.1, 0.15) is 35.5 Å². The molecule has 17 heavy (non-hydrogen) atoms. The lowest BCUT2D eigenvalue weighted by molar-refractivity contribution is -0.141. The highest BCUT2D eigenvalue weighted by Crippen LogP contribution is 2.25. The second-order valence-electron chi connectivity index (χ2n) is 4.34. The van der Waals surface area contributed by atoms with E-state index < -0.39 is 5.97 Å². The fourth-order valence-corrected chi connectivity index (χ4v) is 2.07. The maximum absolute atomic E-state index is 11.7. The summed E-state index contributed by atoms with van der Waals surface area (Å²) in [5.74, 6) is -0.874. The molecule has 0 aromatic carbocycles. The smallest absolute Gasteiger partial charge is 0.306 e. The molecule has 0 aliphatic heterocycles. The summed E-state index contributed by atoms with van der Waals surface area (Å²) >= 11 is 0. The molecule has 1 saturated carbocycles. The van der Waals surface area contributed by atoms with Gasteiger partial charge in [-0.05, 0) is 26.2 Å². The fourth-order valence-electron chi connectivity index (χ4n) is 2.07. The van der Waals surface area contributed by atoms with Gasteiger partial charge in [0, 0.05) is 12.1 Å². The van der Waals surface area contributed by atoms with Crippen LogP contribution in [0.5, 0.6) is 0 Å². The van der Waals surface area contributed by atoms with Gasteiger partial charge in [0.05, 0.1) is 5.92 Å². The second-order valence-corrected chi connectivity index (χ2v) is 4.34. The van der Waals surface area contributed by atoms with Gasteiger partial charge in [0.2, 0.25) is 0 Å². The van der Waals surface area contributed by atoms with Crippen LogP contribution >= 0.6 is 0 Å². The van der Waals surface area contributed by atoms with Gasteiger partial charge in [-0.3, -0.25) is 9.59 Å². The van der Waals surface area contributed by atoms with E-state index in [1.807, 2.05) is 0 Å². The highest BCUT2D eigenvalue weighted by molar-refractivity contribution is 5.92. The normalized spacial score (nSPS) is 23.6. The number of nitrogens with one attached hydrogen (secondary N) is 1. The average Bonchev–Trinajstić information content (AvgIpc) is 2.86. The van der Waals surface area contributed by atoms with Gasteiger partial charge in [-0.25, -0.2) is 0 Å². The Balaban J connectivity index is 1.90. The Morgan fingerprint density at radius 1 is 1.53 bits per heavy atom. The molecule has 6 heteroatoms. The summed E-state index contributed by atoms with van der Waals surface area (Å²) in [7, 11) is 0. The van der Waals surface area contributed by atoms with Crippen molar-refractivity contribution < 1.29 is 19.2 Å². The van der Waals surface area contributed by atoms with Gasteiger partial charge >= 0.3 is 5.97 Å². The van der Waals surface area contributed by atoms with Crippen LogP contribution in [-0.2, 0) is 4.79 Å². The molecule has 2 N–H and O–H groups in total. The van der Waals surface area contributed by atoms with Crippen LogP contribution in [0.3, 0.4) is 0 Å². The zero-order valence-electron chi connectivity index (χ0n) is 9.47. The highest BCUT2D eigenvalue weighted by atomic mass is 16.5. The van der Waals surface area contributed by atoms with Gasteiger partial charge in [-0.2, -0.15) is 0 Å². The first kappa shape index (κ1) is 11.6. The molecule has 1 aliphatic rings. The lowest BCUT2D eigenvalue weighted by Gasteiger charge is -2.10. The molecule has 1 amide bonds. The molecule has 92 valence electrons. The van der Waals surface area contributed by atoms with Gasteiger partial charge in [0.1, 0.15) is 5.76 Å². The quantitative estimate of drug-likeness (QED) is 0.818. The van der Waals surface area contributed by atoms with Crippen LogP contribution in [0.2, 0.25) is 0 Å². The number of aliphatic carboxylic acids is 1. The molecule has 1 aromatic heterocycles. The monoisotopic (exact) mass is 238 g/mol. The van der Waals surface area contributed by atoms with E-state index in [1.54, 1.807) is 13.0 Å². The van der Waals surface area contributed by atoms with Crippen LogP contribution in [0, 0.1) is 12.8 Å². The van der Waals surface area contributed by atoms with Crippen molar-refractivity contribution in [2.24, 2.45) is 5.92 Å². The predicted molar refractivity (Wildman–Crippen MR) is 57.5 cm³/mol. The van der Waals surface area contributed by atoms with Gasteiger partial charge in [-0.15, -0.1) is 0 Å². The molecule has 1 aromatic rings. The predicted octanol–water partition coefficient (Wildman–Crippen LogP) is 0.966. The van der Waals surface area contributed by atoms with Crippen LogP contribution < -0.4 is 5.32 Å². The van der Waals surface area contributed by atoms with E-state index in [9.17, 15) is 9.59 Å². The van der Waals surface area contributed by atoms with Crippen molar-refractivity contribution >= 4 is 11.9 Å². The summed E-state index contributed by atoms with van der Waals surface area (Å²) in [6.45, 7) is 1.71. The summed E-state index contributed by atoms with van der Waals surface area (Å²) in [6, 6.07) is 1.47. The van der Waals surface area contributed by atoms with Gasteiger partial charge in [-0.1, -0.05) is 5.16 Å². The highest BCUT2D eigenvalue weighted by Gasteiger charge is 2.31. The third-order valence-corrected chi connectivity index (χ3v) is 2.98. The minimum atomic E-state index is -0.793. The van der Waals surface area contributed by atoms with E-state index in [1.165, 1.54) is 0 Å². The molecule has 2 rings (SSSR count). The Hall–Kier alpha value is -1.85. The van der Waals surface area contributed by atoms with Crippen LogP contribution in [-0.4, -0.2) is 28.2 Å². The van der Waals surface area contributed by atoms with E-state index in [0.29, 0.717) is 25.0 Å². The molecule has 1 heterocycles. The molecule has 0 bridgehead atoms. The number of carbonyl (C=O) groups is 2. The first-order valence-corrected chi connectivity index (χ1v) is 5.53. The van der Waals surface area contributed by atoms with Crippen molar-refractivity contribution in [1.82, 2.24) is 10.5 Å². The summed E-state index contributed by atoms with van der Waals surface area (Å²) in [4.78, 5) is 22.5. The lowest BCUT2D eigenvalue weighted by Crippen LogP contribution is -2.33. The SMILES string of the molecule is Cc1cc(C(=O)NC2CCC(C(=O)O)C2)no1. The summed E-state index contributed by atoms with van der Waals surface area (Å²) < 4.78 is 4.80. The number of aryl methyl sites for hydroxylation is 1. The minimum Gasteiger partial charge on any atom is -0.481 e. The van der Waals surface area contributed by atoms with Crippen molar-refractivity contribution in [3.63, 3.8) is 0 Å². The molecule has 1 fully saturated rings. The average molecular weight is 238 g/mol. The van der Waals surface area contributed by atoms with Gasteiger partial charge in [0.15, 0.2) is 5.69 Å². The fraction of sp³-hybridized carbons (Fsp3) is 0.545. The third kappa shape index (κ3) is 2.64. The molecule has 6 nitrogen and oxygen atoms in total. The molecule has 0 spiro atoms. The number of hydrogen-bond donors (Lipinski definition) is 2. The van der Waals surface area contributed by atoms with E-state index in [0.717, 1.165) is 0 Å². The van der Waals surface area contributed by atoms with Crippen molar-refractivity contribution in [1.29, 1.82) is 0 Å². The standard InChI is InChI=1S/C11H14N2O4/c1-6-4-9(13-17-6)10(14)12-8-3-2-7(5-8)11(15)16/h4,7-8H,2-3,5H2,1H3,(H,12,14)(H,15,16). The van der Waals surface area contributed by atoms with E-state index in [4.69, 9.17) is 9.63 Å². The number of hydrogen-bond acceptors (Lipinski definition) is 4. The van der Waals surface area contributed by atoms with Crippen LogP contribution in [0.25, 0.3) is 0 Å². The number of carboxylic acid groups (broad SMARTS) is 1. The van der Waals surface area contributed by atoms with Crippen LogP contribution in [0.4, 0.5) is 0 Å². The number of nitrogens with zero attached hydrogens (tertiary/aromatic N) is 1. The molecule has 0 radical (unpaired) electrons. The maximum Gasteiger partial charge on any atom is 0.306 e. The molecule has 1 aliphatic carbocycles. The Kier molecular flexibility index (Phi) is 3.12. The largest absolute Gasteiger partial charge is 0.481 e. The van der Waals surface area contributed by atoms with Crippen LogP contribution in [0.15, 0.2) is 10.6 Å². The third-order valence-electron chi connectivity index (χ3n) is 2.98. The van der Waals surface area contributed by atoms with E-state index in [-0.39, 0.29) is 23.6 Å². The topological polar surface area (TPSA) is 92.4 Å². The minimum absolute atomic E-state index is 0.0828. The number of rotatable bonds is 3. The Labute approximate surface area is 98.0 Å². The van der Waals surface area contributed by atoms with E-state index in [2.05, 4.69) is 10.5 Å².